The Morgan fingerprint density at radius 3 is 2.65 bits per heavy atom. The number of carbonyl (C=O) groups is 1. The van der Waals surface area contributed by atoms with E-state index >= 15 is 0 Å². The summed E-state index contributed by atoms with van der Waals surface area (Å²) in [6, 6.07) is 9.93. The molecule has 14 heteroatoms. The molecule has 1 saturated carbocycles. The van der Waals surface area contributed by atoms with Crippen LogP contribution in [0.1, 0.15) is 27.9 Å². The van der Waals surface area contributed by atoms with Crippen LogP contribution in [-0.2, 0) is 21.0 Å². The summed E-state index contributed by atoms with van der Waals surface area (Å²) in [7, 11) is -4.23. The lowest BCUT2D eigenvalue weighted by Gasteiger charge is -2.19. The highest BCUT2D eigenvalue weighted by Gasteiger charge is 2.42. The minimum absolute atomic E-state index is 0.0872. The number of hydrogen-bond acceptors (Lipinski definition) is 9. The summed E-state index contributed by atoms with van der Waals surface area (Å²) < 4.78 is 55.8. The fraction of sp³-hybridized carbons (Fsp3) is 0.269. The van der Waals surface area contributed by atoms with Gasteiger partial charge in [-0.1, -0.05) is 24.3 Å². The number of anilines is 1. The normalized spacial score (nSPS) is 21.1. The fourth-order valence-electron chi connectivity index (χ4n) is 4.94. The summed E-state index contributed by atoms with van der Waals surface area (Å²) in [5, 5.41) is 29.4. The molecule has 4 aromatic rings. The largest absolute Gasteiger partial charge is 0.390 e. The number of nitrogens with one attached hydrogen (secondary N) is 1. The molecule has 5 N–H and O–H groups in total. The Kier molecular flexibility index (Phi) is 7.61. The van der Waals surface area contributed by atoms with Crippen molar-refractivity contribution in [3.8, 4) is 0 Å². The summed E-state index contributed by atoms with van der Waals surface area (Å²) in [5.41, 5.74) is 1.58. The highest BCUT2D eigenvalue weighted by molar-refractivity contribution is 7.84. The monoisotopic (exact) mass is 573 g/mol. The molecule has 0 saturated heterocycles. The van der Waals surface area contributed by atoms with E-state index in [1.807, 2.05) is 0 Å². The molecule has 0 bridgehead atoms. The van der Waals surface area contributed by atoms with Crippen LogP contribution in [0.5, 0.6) is 0 Å². The number of benzene rings is 2. The number of fused-ring (bicyclic) bond motifs is 1. The molecule has 5 rings (SSSR count). The van der Waals surface area contributed by atoms with Crippen molar-refractivity contribution < 1.29 is 36.4 Å². The van der Waals surface area contributed by atoms with Crippen molar-refractivity contribution in [2.45, 2.75) is 31.2 Å². The lowest BCUT2D eigenvalue weighted by Crippen LogP contribution is -2.36. The number of aromatic nitrogens is 3. The number of rotatable bonds is 9. The van der Waals surface area contributed by atoms with Gasteiger partial charge in [-0.15, -0.1) is 0 Å². The van der Waals surface area contributed by atoms with Gasteiger partial charge in [0.25, 0.3) is 0 Å². The van der Waals surface area contributed by atoms with Crippen LogP contribution in [0.2, 0.25) is 0 Å². The van der Waals surface area contributed by atoms with Gasteiger partial charge >= 0.3 is 10.3 Å². The zero-order valence-electron chi connectivity index (χ0n) is 20.8. The Morgan fingerprint density at radius 1 is 1.12 bits per heavy atom. The maximum Gasteiger partial charge on any atom is 0.333 e. The summed E-state index contributed by atoms with van der Waals surface area (Å²) in [6.07, 6.45) is 1.62. The van der Waals surface area contributed by atoms with Crippen LogP contribution in [0.4, 0.5) is 14.6 Å². The second-order valence-electron chi connectivity index (χ2n) is 9.56. The van der Waals surface area contributed by atoms with Crippen molar-refractivity contribution in [3.05, 3.63) is 89.5 Å². The highest BCUT2D eigenvalue weighted by Crippen LogP contribution is 2.31. The average molecular weight is 574 g/mol. The van der Waals surface area contributed by atoms with Crippen molar-refractivity contribution in [2.24, 2.45) is 11.1 Å². The van der Waals surface area contributed by atoms with Crippen LogP contribution < -0.4 is 10.5 Å². The van der Waals surface area contributed by atoms with E-state index in [0.717, 1.165) is 12.1 Å². The van der Waals surface area contributed by atoms with E-state index in [0.29, 0.717) is 22.0 Å². The van der Waals surface area contributed by atoms with Gasteiger partial charge in [0.15, 0.2) is 17.4 Å². The molecular formula is C26H25F2N5O6S. The lowest BCUT2D eigenvalue weighted by molar-refractivity contribution is 0.00778. The van der Waals surface area contributed by atoms with Crippen molar-refractivity contribution in [3.63, 3.8) is 0 Å². The molecule has 1 fully saturated rings. The summed E-state index contributed by atoms with van der Waals surface area (Å²) >= 11 is 0. The fourth-order valence-corrected chi connectivity index (χ4v) is 5.30. The Hall–Kier alpha value is -3.82. The Morgan fingerprint density at radius 2 is 1.90 bits per heavy atom. The lowest BCUT2D eigenvalue weighted by atomic mass is 10.0. The predicted molar refractivity (Wildman–Crippen MR) is 139 cm³/mol. The Bertz CT molecular complexity index is 1680. The molecule has 11 nitrogen and oxygen atoms in total. The SMILES string of the molecule is NS(=O)(=O)OC[C@H]1C[C@@H](Nc2ncncc2C(=O)c2cn(Cc3ccc(F)c(F)c3)c3ccccc23)[C@H](O)[C@@H]1O. The molecule has 0 spiro atoms. The summed E-state index contributed by atoms with van der Waals surface area (Å²) in [5.74, 6) is -3.02. The van der Waals surface area contributed by atoms with E-state index in [1.165, 1.54) is 18.6 Å². The number of hydrogen-bond donors (Lipinski definition) is 4. The van der Waals surface area contributed by atoms with Crippen LogP contribution in [0.25, 0.3) is 10.9 Å². The van der Waals surface area contributed by atoms with Crippen LogP contribution in [0.15, 0.2) is 61.2 Å². The van der Waals surface area contributed by atoms with Crippen molar-refractivity contribution in [1.82, 2.24) is 14.5 Å². The second kappa shape index (κ2) is 11.0. The molecule has 0 radical (unpaired) electrons. The van der Waals surface area contributed by atoms with E-state index in [4.69, 9.17) is 5.14 Å². The molecule has 0 unspecified atom stereocenters. The number of para-hydroxylation sites is 1. The van der Waals surface area contributed by atoms with Crippen LogP contribution in [0.3, 0.4) is 0 Å². The van der Waals surface area contributed by atoms with Gasteiger partial charge in [-0.2, -0.15) is 8.42 Å². The standard InChI is InChI=1S/C26H25F2N5O6S/c27-19-6-5-14(7-20(19)28)10-33-11-18(16-3-1-2-4-22(16)33)24(35)17-9-30-13-31-26(17)32-21-8-15(23(34)25(21)36)12-39-40(29,37)38/h1-7,9,11,13,15,21,23,25,34,36H,8,10,12H2,(H2,29,37,38)(H,30,31,32)/t15-,21-,23-,25+/m1/s1. The van der Waals surface area contributed by atoms with E-state index in [1.54, 1.807) is 35.0 Å². The van der Waals surface area contributed by atoms with E-state index in [9.17, 15) is 32.2 Å². The number of aliphatic hydroxyl groups excluding tert-OH is 2. The van der Waals surface area contributed by atoms with E-state index in [2.05, 4.69) is 19.5 Å². The number of nitrogens with two attached hydrogens (primary N) is 1. The summed E-state index contributed by atoms with van der Waals surface area (Å²) in [6.45, 7) is -0.252. The van der Waals surface area contributed by atoms with E-state index in [-0.39, 0.29) is 24.3 Å². The zero-order valence-corrected chi connectivity index (χ0v) is 21.6. The van der Waals surface area contributed by atoms with E-state index < -0.39 is 58.5 Å². The molecular weight excluding hydrogens is 548 g/mol. The van der Waals surface area contributed by atoms with Gasteiger partial charge in [0, 0.05) is 41.3 Å². The average Bonchev–Trinajstić information content (AvgIpc) is 3.41. The number of nitrogens with zero attached hydrogens (tertiary/aromatic N) is 3. The zero-order chi connectivity index (χ0) is 28.6. The number of ketones is 1. The molecule has 0 amide bonds. The summed E-state index contributed by atoms with van der Waals surface area (Å²) in [4.78, 5) is 21.9. The molecule has 1 aliphatic rings. The molecule has 210 valence electrons. The van der Waals surface area contributed by atoms with Crippen molar-refractivity contribution in [2.75, 3.05) is 11.9 Å². The van der Waals surface area contributed by atoms with Crippen LogP contribution in [0, 0.1) is 17.6 Å². The van der Waals surface area contributed by atoms with Gasteiger partial charge in [0.2, 0.25) is 0 Å². The Labute approximate surface area is 227 Å². The first-order chi connectivity index (χ1) is 19.0. The third-order valence-electron chi connectivity index (χ3n) is 6.90. The first-order valence-corrected chi connectivity index (χ1v) is 13.7. The quantitative estimate of drug-likeness (QED) is 0.218. The molecule has 40 heavy (non-hydrogen) atoms. The van der Waals surface area contributed by atoms with Gasteiger partial charge in [-0.05, 0) is 30.2 Å². The van der Waals surface area contributed by atoms with Gasteiger partial charge < -0.3 is 20.1 Å². The van der Waals surface area contributed by atoms with Gasteiger partial charge in [-0.25, -0.2) is 23.9 Å². The molecule has 4 atom stereocenters. The van der Waals surface area contributed by atoms with Crippen molar-refractivity contribution >= 4 is 32.8 Å². The third-order valence-corrected chi connectivity index (χ3v) is 7.36. The van der Waals surface area contributed by atoms with Crippen molar-refractivity contribution in [1.29, 1.82) is 0 Å². The maximum atomic E-state index is 13.8. The second-order valence-corrected chi connectivity index (χ2v) is 10.8. The first-order valence-electron chi connectivity index (χ1n) is 12.2. The minimum Gasteiger partial charge on any atom is -0.390 e. The molecule has 2 heterocycles. The maximum absolute atomic E-state index is 13.8. The van der Waals surface area contributed by atoms with Crippen LogP contribution in [-0.4, -0.2) is 63.8 Å². The molecule has 2 aromatic heterocycles. The topological polar surface area (TPSA) is 170 Å². The molecule has 2 aromatic carbocycles. The van der Waals surface area contributed by atoms with Gasteiger partial charge in [-0.3, -0.25) is 8.98 Å². The van der Waals surface area contributed by atoms with Crippen LogP contribution >= 0.6 is 0 Å². The first kappa shape index (κ1) is 27.7. The Balaban J connectivity index is 1.42. The number of carbonyl (C=O) groups excluding carboxylic acids is 1. The minimum atomic E-state index is -4.23. The number of halogens is 2. The molecule has 0 aliphatic heterocycles. The number of aliphatic hydroxyl groups is 2. The molecule has 1 aliphatic carbocycles. The highest BCUT2D eigenvalue weighted by atomic mass is 32.2. The smallest absolute Gasteiger partial charge is 0.333 e. The third kappa shape index (κ3) is 5.71. The van der Waals surface area contributed by atoms with Gasteiger partial charge in [0.05, 0.1) is 24.3 Å². The van der Waals surface area contributed by atoms with Gasteiger partial charge in [0.1, 0.15) is 18.2 Å². The predicted octanol–water partition coefficient (Wildman–Crippen LogP) is 1.73.